The van der Waals surface area contributed by atoms with Crippen molar-refractivity contribution in [1.29, 1.82) is 0 Å². The zero-order valence-electron chi connectivity index (χ0n) is 29.7. The predicted octanol–water partition coefficient (Wildman–Crippen LogP) is 10.5. The van der Waals surface area contributed by atoms with Crippen LogP contribution in [0.3, 0.4) is 0 Å². The lowest BCUT2D eigenvalue weighted by molar-refractivity contribution is 0.123. The zero-order chi connectivity index (χ0) is 33.9. The van der Waals surface area contributed by atoms with Crippen LogP contribution >= 0.6 is 0 Å². The normalized spacial score (nSPS) is 16.3. The third-order valence-corrected chi connectivity index (χ3v) is 9.23. The Kier molecular flexibility index (Phi) is 9.98. The largest absolute Gasteiger partial charge is 0.496 e. The lowest BCUT2D eigenvalue weighted by Crippen LogP contribution is -2.41. The monoisotopic (exact) mass is 643 g/mol. The molecule has 0 saturated heterocycles. The first-order valence-electron chi connectivity index (χ1n) is 17.3. The summed E-state index contributed by atoms with van der Waals surface area (Å²) in [6.45, 7) is 16.5. The number of hydrogen-bond donors (Lipinski definition) is 0. The van der Waals surface area contributed by atoms with E-state index in [1.807, 2.05) is 18.2 Å². The Labute approximate surface area is 286 Å². The number of ether oxygens (including phenoxy) is 4. The third kappa shape index (κ3) is 6.88. The number of benzene rings is 5. The Morgan fingerprint density at radius 2 is 1.38 bits per heavy atom. The summed E-state index contributed by atoms with van der Waals surface area (Å²) in [5.74, 6) is 3.34. The molecule has 2 atom stereocenters. The fourth-order valence-corrected chi connectivity index (χ4v) is 7.20. The van der Waals surface area contributed by atoms with Crippen LogP contribution in [0.2, 0.25) is 0 Å². The van der Waals surface area contributed by atoms with E-state index in [2.05, 4.69) is 126 Å². The van der Waals surface area contributed by atoms with Gasteiger partial charge in [-0.3, -0.25) is 4.90 Å². The molecular weight excluding hydrogens is 594 g/mol. The van der Waals surface area contributed by atoms with Gasteiger partial charge >= 0.3 is 0 Å². The summed E-state index contributed by atoms with van der Waals surface area (Å²) in [5, 5.41) is 2.05. The molecule has 1 aliphatic rings. The van der Waals surface area contributed by atoms with Crippen LogP contribution in [0.15, 0.2) is 91.0 Å². The highest BCUT2D eigenvalue weighted by Gasteiger charge is 2.36. The van der Waals surface area contributed by atoms with Crippen molar-refractivity contribution < 1.29 is 18.9 Å². The second-order valence-corrected chi connectivity index (χ2v) is 13.6. The first-order chi connectivity index (χ1) is 23.1. The van der Waals surface area contributed by atoms with E-state index in [1.165, 1.54) is 16.7 Å². The van der Waals surface area contributed by atoms with Crippen molar-refractivity contribution in [2.45, 2.75) is 92.3 Å². The zero-order valence-corrected chi connectivity index (χ0v) is 29.7. The van der Waals surface area contributed by atoms with E-state index >= 15 is 0 Å². The molecule has 6 rings (SSSR count). The molecule has 48 heavy (non-hydrogen) atoms. The van der Waals surface area contributed by atoms with E-state index in [-0.39, 0.29) is 18.2 Å². The van der Waals surface area contributed by atoms with E-state index < -0.39 is 0 Å². The van der Waals surface area contributed by atoms with Crippen molar-refractivity contribution in [1.82, 2.24) is 4.90 Å². The molecule has 5 nitrogen and oxygen atoms in total. The van der Waals surface area contributed by atoms with E-state index in [1.54, 1.807) is 7.11 Å². The Balaban J connectivity index is 1.58. The maximum Gasteiger partial charge on any atom is 0.131 e. The highest BCUT2D eigenvalue weighted by Crippen LogP contribution is 2.51. The lowest BCUT2D eigenvalue weighted by atomic mass is 9.81. The van der Waals surface area contributed by atoms with Gasteiger partial charge in [0.2, 0.25) is 0 Å². The topological polar surface area (TPSA) is 40.2 Å². The minimum absolute atomic E-state index is 0.0160. The molecule has 5 aromatic carbocycles. The molecule has 0 fully saturated rings. The second-order valence-electron chi connectivity index (χ2n) is 13.6. The van der Waals surface area contributed by atoms with E-state index in [0.29, 0.717) is 12.6 Å². The van der Waals surface area contributed by atoms with Crippen LogP contribution in [0, 0.1) is 6.92 Å². The number of nitrogens with zero attached hydrogens (tertiary/aromatic N) is 1. The van der Waals surface area contributed by atoms with Crippen molar-refractivity contribution in [2.24, 2.45) is 0 Å². The van der Waals surface area contributed by atoms with Crippen molar-refractivity contribution in [3.63, 3.8) is 0 Å². The van der Waals surface area contributed by atoms with Crippen molar-refractivity contribution >= 4 is 10.8 Å². The molecule has 0 aromatic heterocycles. The molecule has 0 radical (unpaired) electrons. The summed E-state index contributed by atoms with van der Waals surface area (Å²) >= 11 is 0. The smallest absolute Gasteiger partial charge is 0.131 e. The van der Waals surface area contributed by atoms with E-state index in [4.69, 9.17) is 18.9 Å². The maximum atomic E-state index is 6.70. The molecule has 5 heteroatoms. The minimum atomic E-state index is -0.0160. The lowest BCUT2D eigenvalue weighted by Gasteiger charge is -2.42. The molecule has 0 N–H and O–H groups in total. The number of aryl methyl sites for hydroxylation is 1. The fraction of sp³-hybridized carbons (Fsp3) is 0.349. The van der Waals surface area contributed by atoms with E-state index in [0.717, 1.165) is 69.0 Å². The molecule has 0 aliphatic carbocycles. The quantitative estimate of drug-likeness (QED) is 0.143. The Morgan fingerprint density at radius 1 is 0.729 bits per heavy atom. The first kappa shape index (κ1) is 33.4. The minimum Gasteiger partial charge on any atom is -0.496 e. The summed E-state index contributed by atoms with van der Waals surface area (Å²) in [5.41, 5.74) is 8.31. The Hall–Kier alpha value is -4.48. The van der Waals surface area contributed by atoms with Gasteiger partial charge in [-0.05, 0) is 106 Å². The standard InChI is InChI=1S/C43H49NO4/c1-27(2)47-39-24-40(48-28(3)4)42(36-23-30(6)44(31(7)41(36)39)25-32-15-11-9-12-16-32)34-19-20-37(46-26-33-17-13-10-14-18-33)43-35(34)21-29(5)22-38(43)45-8/h9-22,24,27-28,30-31H,23,25-26H2,1-8H3/t30-,31-/m1/s1. The molecule has 5 aromatic rings. The number of hydrogen-bond acceptors (Lipinski definition) is 5. The molecule has 0 amide bonds. The average molecular weight is 644 g/mol. The van der Waals surface area contributed by atoms with Crippen molar-refractivity contribution in [3.8, 4) is 34.1 Å². The van der Waals surface area contributed by atoms with Gasteiger partial charge in [0.05, 0.1) is 24.7 Å². The van der Waals surface area contributed by atoms with Gasteiger partial charge in [-0.1, -0.05) is 66.7 Å². The van der Waals surface area contributed by atoms with Crippen LogP contribution in [0.1, 0.15) is 75.4 Å². The van der Waals surface area contributed by atoms with Gasteiger partial charge < -0.3 is 18.9 Å². The van der Waals surface area contributed by atoms with Gasteiger partial charge in [-0.2, -0.15) is 0 Å². The van der Waals surface area contributed by atoms with Crippen LogP contribution in [0.5, 0.6) is 23.0 Å². The molecule has 1 aliphatic heterocycles. The number of fused-ring (bicyclic) bond motifs is 2. The van der Waals surface area contributed by atoms with Gasteiger partial charge in [-0.15, -0.1) is 0 Å². The Morgan fingerprint density at radius 3 is 2.02 bits per heavy atom. The van der Waals surface area contributed by atoms with Crippen molar-refractivity contribution in [2.75, 3.05) is 7.11 Å². The van der Waals surface area contributed by atoms with Crippen LogP contribution in [-0.4, -0.2) is 30.3 Å². The van der Waals surface area contributed by atoms with Gasteiger partial charge in [0.15, 0.2) is 0 Å². The average Bonchev–Trinajstić information content (AvgIpc) is 3.05. The highest BCUT2D eigenvalue weighted by atomic mass is 16.5. The second kappa shape index (κ2) is 14.3. The van der Waals surface area contributed by atoms with Crippen LogP contribution in [0.4, 0.5) is 0 Å². The van der Waals surface area contributed by atoms with Gasteiger partial charge in [-0.25, -0.2) is 0 Å². The maximum absolute atomic E-state index is 6.70. The molecule has 0 spiro atoms. The number of rotatable bonds is 11. The van der Waals surface area contributed by atoms with Crippen LogP contribution in [-0.2, 0) is 19.6 Å². The summed E-state index contributed by atoms with van der Waals surface area (Å²) in [4.78, 5) is 2.60. The summed E-state index contributed by atoms with van der Waals surface area (Å²) in [6.07, 6.45) is 0.870. The summed E-state index contributed by atoms with van der Waals surface area (Å²) in [7, 11) is 1.74. The van der Waals surface area contributed by atoms with Crippen molar-refractivity contribution in [3.05, 3.63) is 119 Å². The summed E-state index contributed by atoms with van der Waals surface area (Å²) < 4.78 is 25.9. The molecule has 0 unspecified atom stereocenters. The predicted molar refractivity (Wildman–Crippen MR) is 197 cm³/mol. The fourth-order valence-electron chi connectivity index (χ4n) is 7.20. The summed E-state index contributed by atoms with van der Waals surface area (Å²) in [6, 6.07) is 32.3. The van der Waals surface area contributed by atoms with Gasteiger partial charge in [0.1, 0.15) is 29.6 Å². The van der Waals surface area contributed by atoms with Crippen LogP contribution < -0.4 is 18.9 Å². The van der Waals surface area contributed by atoms with Crippen LogP contribution in [0.25, 0.3) is 21.9 Å². The first-order valence-corrected chi connectivity index (χ1v) is 17.3. The molecule has 0 saturated carbocycles. The third-order valence-electron chi connectivity index (χ3n) is 9.23. The van der Waals surface area contributed by atoms with E-state index in [9.17, 15) is 0 Å². The van der Waals surface area contributed by atoms with Gasteiger partial charge in [0, 0.05) is 35.8 Å². The molecule has 1 heterocycles. The molecule has 250 valence electrons. The SMILES string of the molecule is COc1cc(C)cc2c(-c3c(OC(C)C)cc(OC(C)C)c4c3C[C@@H](C)N(Cc3ccccc3)[C@@H]4C)ccc(OCc3ccccc3)c12. The molecular formula is C43H49NO4. The highest BCUT2D eigenvalue weighted by molar-refractivity contribution is 6.05. The molecule has 0 bridgehead atoms. The van der Waals surface area contributed by atoms with Gasteiger partial charge in [0.25, 0.3) is 0 Å². The number of methoxy groups -OCH3 is 1. The Bertz CT molecular complexity index is 1870.